The van der Waals surface area contributed by atoms with Crippen molar-refractivity contribution in [2.45, 2.75) is 6.61 Å². The summed E-state index contributed by atoms with van der Waals surface area (Å²) in [5.41, 5.74) is 0.928. The molecular weight excluding hydrogens is 572 g/mol. The van der Waals surface area contributed by atoms with Crippen LogP contribution in [0.1, 0.15) is 5.56 Å². The van der Waals surface area contributed by atoms with Gasteiger partial charge in [0.25, 0.3) is 0 Å². The summed E-state index contributed by atoms with van der Waals surface area (Å²) < 4.78 is 47.6. The predicted molar refractivity (Wildman–Crippen MR) is 152 cm³/mol. The molecule has 0 heterocycles. The second-order valence-electron chi connectivity index (χ2n) is 8.51. The molecule has 43 heavy (non-hydrogen) atoms. The zero-order valence-corrected chi connectivity index (χ0v) is 24.7. The zero-order valence-electron chi connectivity index (χ0n) is 24.7. The van der Waals surface area contributed by atoms with Crippen LogP contribution in [0.3, 0.4) is 0 Å². The second-order valence-corrected chi connectivity index (χ2v) is 8.51. The van der Waals surface area contributed by atoms with Crippen LogP contribution < -0.4 is 10.6 Å². The molecule has 0 unspecified atom stereocenters. The van der Waals surface area contributed by atoms with Gasteiger partial charge < -0.3 is 58.4 Å². The van der Waals surface area contributed by atoms with Crippen molar-refractivity contribution in [2.24, 2.45) is 0 Å². The summed E-state index contributed by atoms with van der Waals surface area (Å²) in [4.78, 5) is 33.2. The number of rotatable bonds is 30. The van der Waals surface area contributed by atoms with E-state index in [1.54, 1.807) is 0 Å². The largest absolute Gasteiger partial charge is 0.480 e. The van der Waals surface area contributed by atoms with E-state index in [9.17, 15) is 14.4 Å². The standard InChI is InChI=1S/C28H46N2O13/c31-26(23-42-24-27(32)33)29-6-8-35-10-12-37-14-16-39-18-20-41-21-19-40-17-15-38-13-11-36-9-7-30-28(34)43-22-25-4-2-1-3-5-25/h1-5H,6-24H2,(H,29,31)(H,30,34)(H,32,33). The highest BCUT2D eigenvalue weighted by molar-refractivity contribution is 5.77. The van der Waals surface area contributed by atoms with E-state index in [0.717, 1.165) is 5.56 Å². The molecule has 1 aromatic carbocycles. The number of amides is 2. The highest BCUT2D eigenvalue weighted by Crippen LogP contribution is 2.00. The minimum Gasteiger partial charge on any atom is -0.480 e. The van der Waals surface area contributed by atoms with E-state index in [-0.39, 0.29) is 13.2 Å². The predicted octanol–water partition coefficient (Wildman–Crippen LogP) is 0.246. The highest BCUT2D eigenvalue weighted by Gasteiger charge is 2.03. The van der Waals surface area contributed by atoms with Crippen LogP contribution in [-0.4, -0.2) is 142 Å². The molecule has 0 aliphatic carbocycles. The van der Waals surface area contributed by atoms with Crippen LogP contribution in [-0.2, 0) is 58.8 Å². The molecule has 0 fully saturated rings. The molecule has 3 N–H and O–H groups in total. The summed E-state index contributed by atoms with van der Waals surface area (Å²) in [6.45, 7) is 5.93. The maximum atomic E-state index is 11.6. The molecule has 1 aromatic rings. The van der Waals surface area contributed by atoms with E-state index in [4.69, 9.17) is 43.0 Å². The van der Waals surface area contributed by atoms with Gasteiger partial charge in [0.1, 0.15) is 19.8 Å². The van der Waals surface area contributed by atoms with Crippen LogP contribution in [0.25, 0.3) is 0 Å². The molecule has 2 amide bonds. The first-order chi connectivity index (χ1) is 21.1. The number of hydrogen-bond acceptors (Lipinski definition) is 12. The van der Waals surface area contributed by atoms with Crippen molar-refractivity contribution >= 4 is 18.0 Å². The number of ether oxygens (including phenoxy) is 9. The SMILES string of the molecule is O=C(O)COCC(=O)NCCOCCOCCOCCOCCOCCOCCOCCNC(=O)OCc1ccccc1. The van der Waals surface area contributed by atoms with Gasteiger partial charge in [-0.2, -0.15) is 0 Å². The second kappa shape index (κ2) is 29.2. The molecule has 0 aromatic heterocycles. The Hall–Kier alpha value is -2.89. The van der Waals surface area contributed by atoms with Crippen LogP contribution in [0.2, 0.25) is 0 Å². The van der Waals surface area contributed by atoms with Gasteiger partial charge in [-0.25, -0.2) is 9.59 Å². The molecule has 0 spiro atoms. The van der Waals surface area contributed by atoms with E-state index >= 15 is 0 Å². The van der Waals surface area contributed by atoms with Gasteiger partial charge in [-0.05, 0) is 5.56 Å². The molecular formula is C28H46N2O13. The van der Waals surface area contributed by atoms with Crippen molar-refractivity contribution in [3.8, 4) is 0 Å². The number of carboxylic acid groups (broad SMARTS) is 1. The Morgan fingerprint density at radius 1 is 0.535 bits per heavy atom. The lowest BCUT2D eigenvalue weighted by atomic mass is 10.2. The first-order valence-electron chi connectivity index (χ1n) is 14.1. The molecule has 1 rings (SSSR count). The topological polar surface area (TPSA) is 179 Å². The molecule has 0 radical (unpaired) electrons. The average Bonchev–Trinajstić information content (AvgIpc) is 3.00. The third-order valence-corrected chi connectivity index (χ3v) is 4.99. The number of carbonyl (C=O) groups excluding carboxylic acids is 2. The van der Waals surface area contributed by atoms with Gasteiger partial charge in [0.2, 0.25) is 5.91 Å². The Morgan fingerprint density at radius 2 is 0.953 bits per heavy atom. The van der Waals surface area contributed by atoms with E-state index in [2.05, 4.69) is 15.4 Å². The smallest absolute Gasteiger partial charge is 0.407 e. The normalized spacial score (nSPS) is 10.9. The van der Waals surface area contributed by atoms with E-state index in [1.807, 2.05) is 30.3 Å². The van der Waals surface area contributed by atoms with Crippen LogP contribution in [0.5, 0.6) is 0 Å². The van der Waals surface area contributed by atoms with E-state index in [1.165, 1.54) is 0 Å². The Bertz CT molecular complexity index is 817. The highest BCUT2D eigenvalue weighted by atomic mass is 16.6. The van der Waals surface area contributed by atoms with Crippen molar-refractivity contribution in [1.29, 1.82) is 0 Å². The number of carbonyl (C=O) groups is 3. The van der Waals surface area contributed by atoms with Gasteiger partial charge >= 0.3 is 12.1 Å². The van der Waals surface area contributed by atoms with Crippen molar-refractivity contribution in [3.05, 3.63) is 35.9 Å². The van der Waals surface area contributed by atoms with Crippen molar-refractivity contribution in [1.82, 2.24) is 10.6 Å². The molecule has 0 aliphatic rings. The van der Waals surface area contributed by atoms with Gasteiger partial charge in [0.15, 0.2) is 0 Å². The molecule has 15 nitrogen and oxygen atoms in total. The third kappa shape index (κ3) is 27.7. The summed E-state index contributed by atoms with van der Waals surface area (Å²) in [5, 5.41) is 13.6. The van der Waals surface area contributed by atoms with Crippen molar-refractivity contribution in [3.63, 3.8) is 0 Å². The number of benzene rings is 1. The van der Waals surface area contributed by atoms with Crippen molar-refractivity contribution in [2.75, 3.05) is 119 Å². The number of aliphatic carboxylic acids is 1. The van der Waals surface area contributed by atoms with Gasteiger partial charge in [-0.15, -0.1) is 0 Å². The van der Waals surface area contributed by atoms with E-state index in [0.29, 0.717) is 106 Å². The van der Waals surface area contributed by atoms with Crippen LogP contribution in [0, 0.1) is 0 Å². The lowest BCUT2D eigenvalue weighted by Gasteiger charge is -2.09. The first-order valence-corrected chi connectivity index (χ1v) is 14.1. The molecule has 0 saturated heterocycles. The van der Waals surface area contributed by atoms with Crippen LogP contribution in [0.15, 0.2) is 30.3 Å². The molecule has 246 valence electrons. The maximum Gasteiger partial charge on any atom is 0.407 e. The fourth-order valence-electron chi connectivity index (χ4n) is 2.97. The Labute approximate surface area is 252 Å². The monoisotopic (exact) mass is 618 g/mol. The lowest BCUT2D eigenvalue weighted by Crippen LogP contribution is -2.31. The minimum absolute atomic E-state index is 0.228. The number of alkyl carbamates (subject to hydrolysis) is 1. The molecule has 0 saturated carbocycles. The molecule has 0 aliphatic heterocycles. The van der Waals surface area contributed by atoms with Crippen LogP contribution in [0.4, 0.5) is 4.79 Å². The fourth-order valence-corrected chi connectivity index (χ4v) is 2.97. The quantitative estimate of drug-likeness (QED) is 0.100. The first kappa shape index (κ1) is 38.1. The molecule has 0 atom stereocenters. The van der Waals surface area contributed by atoms with Crippen molar-refractivity contribution < 1.29 is 62.1 Å². The Morgan fingerprint density at radius 3 is 1.40 bits per heavy atom. The molecule has 0 bridgehead atoms. The van der Waals surface area contributed by atoms with Crippen LogP contribution >= 0.6 is 0 Å². The Kier molecular flexibility index (Phi) is 25.9. The third-order valence-electron chi connectivity index (χ3n) is 4.99. The maximum absolute atomic E-state index is 11.6. The fraction of sp³-hybridized carbons (Fsp3) is 0.679. The number of nitrogens with one attached hydrogen (secondary N) is 2. The van der Waals surface area contributed by atoms with Gasteiger partial charge in [-0.3, -0.25) is 4.79 Å². The Balaban J connectivity index is 1.68. The summed E-state index contributed by atoms with van der Waals surface area (Å²) in [6, 6.07) is 9.46. The number of carboxylic acids is 1. The van der Waals surface area contributed by atoms with E-state index < -0.39 is 24.6 Å². The average molecular weight is 619 g/mol. The zero-order chi connectivity index (χ0) is 31.1. The van der Waals surface area contributed by atoms with Gasteiger partial charge in [0, 0.05) is 13.1 Å². The van der Waals surface area contributed by atoms with Gasteiger partial charge in [-0.1, -0.05) is 30.3 Å². The van der Waals surface area contributed by atoms with Gasteiger partial charge in [0.05, 0.1) is 92.5 Å². The summed E-state index contributed by atoms with van der Waals surface area (Å²) >= 11 is 0. The molecule has 15 heteroatoms. The summed E-state index contributed by atoms with van der Waals surface area (Å²) in [6.07, 6.45) is -0.480. The minimum atomic E-state index is -1.13. The lowest BCUT2D eigenvalue weighted by molar-refractivity contribution is -0.143. The summed E-state index contributed by atoms with van der Waals surface area (Å²) in [5.74, 6) is -1.53. The summed E-state index contributed by atoms with van der Waals surface area (Å²) in [7, 11) is 0. The number of hydrogen-bond donors (Lipinski definition) is 3.